The van der Waals surface area contributed by atoms with Gasteiger partial charge in [-0.05, 0) is 17.3 Å². The van der Waals surface area contributed by atoms with Crippen LogP contribution in [0.1, 0.15) is 54.4 Å². The van der Waals surface area contributed by atoms with Crippen LogP contribution >= 0.6 is 11.8 Å². The molecule has 0 aromatic carbocycles. The lowest BCUT2D eigenvalue weighted by Gasteiger charge is -2.17. The minimum absolute atomic E-state index is 0.0148. The lowest BCUT2D eigenvalue weighted by Crippen LogP contribution is -2.29. The Labute approximate surface area is 145 Å². The molecule has 136 valence electrons. The molecular weight excluding hydrogens is 312 g/mol. The van der Waals surface area contributed by atoms with Gasteiger partial charge in [0.25, 0.3) is 5.24 Å². The average Bonchev–Trinajstić information content (AvgIpc) is 2.40. The molecule has 0 aromatic heterocycles. The van der Waals surface area contributed by atoms with E-state index in [0.29, 0.717) is 32.7 Å². The normalized spacial score (nSPS) is 12.1. The highest BCUT2D eigenvalue weighted by atomic mass is 32.2. The van der Waals surface area contributed by atoms with E-state index >= 15 is 0 Å². The number of thioether (sulfide) groups is 1. The van der Waals surface area contributed by atoms with Crippen LogP contribution < -0.4 is 10.6 Å². The molecule has 0 aliphatic heterocycles. The first-order valence-electron chi connectivity index (χ1n) is 8.25. The molecule has 5 nitrogen and oxygen atoms in total. The SMILES string of the molecule is CC(C)(C)CCC(=O)NCCOCCNC(=O)SCC(C)(C)C. The first-order chi connectivity index (χ1) is 10.5. The second-order valence-corrected chi connectivity index (χ2v) is 9.03. The monoisotopic (exact) mass is 346 g/mol. The van der Waals surface area contributed by atoms with E-state index in [1.54, 1.807) is 0 Å². The fourth-order valence-corrected chi connectivity index (χ4v) is 2.27. The van der Waals surface area contributed by atoms with Gasteiger partial charge in [-0.1, -0.05) is 53.3 Å². The first kappa shape index (κ1) is 22.2. The summed E-state index contributed by atoms with van der Waals surface area (Å²) >= 11 is 1.30. The fourth-order valence-electron chi connectivity index (χ4n) is 1.50. The van der Waals surface area contributed by atoms with E-state index in [1.807, 2.05) is 0 Å². The van der Waals surface area contributed by atoms with E-state index in [1.165, 1.54) is 11.8 Å². The van der Waals surface area contributed by atoms with Crippen molar-refractivity contribution in [2.24, 2.45) is 10.8 Å². The maximum Gasteiger partial charge on any atom is 0.279 e. The molecule has 0 aliphatic carbocycles. The van der Waals surface area contributed by atoms with E-state index in [2.05, 4.69) is 52.2 Å². The van der Waals surface area contributed by atoms with Crippen molar-refractivity contribution in [3.63, 3.8) is 0 Å². The van der Waals surface area contributed by atoms with E-state index in [9.17, 15) is 9.59 Å². The highest BCUT2D eigenvalue weighted by Gasteiger charge is 2.13. The summed E-state index contributed by atoms with van der Waals surface area (Å²) in [5, 5.41) is 5.63. The van der Waals surface area contributed by atoms with Crippen LogP contribution in [0.25, 0.3) is 0 Å². The predicted octanol–water partition coefficient (Wildman–Crippen LogP) is 3.43. The van der Waals surface area contributed by atoms with Gasteiger partial charge in [0, 0.05) is 25.3 Å². The second kappa shape index (κ2) is 10.9. The zero-order chi connectivity index (χ0) is 17.9. The second-order valence-electron chi connectivity index (χ2n) is 8.09. The van der Waals surface area contributed by atoms with Crippen LogP contribution in [0.15, 0.2) is 0 Å². The minimum atomic E-state index is -0.0148. The number of rotatable bonds is 9. The van der Waals surface area contributed by atoms with Crippen molar-refractivity contribution in [1.82, 2.24) is 10.6 Å². The molecule has 6 heteroatoms. The van der Waals surface area contributed by atoms with Gasteiger partial charge in [0.05, 0.1) is 13.2 Å². The van der Waals surface area contributed by atoms with Gasteiger partial charge in [-0.25, -0.2) is 0 Å². The highest BCUT2D eigenvalue weighted by molar-refractivity contribution is 8.13. The first-order valence-corrected chi connectivity index (χ1v) is 9.23. The van der Waals surface area contributed by atoms with Crippen molar-refractivity contribution in [1.29, 1.82) is 0 Å². The van der Waals surface area contributed by atoms with Crippen molar-refractivity contribution in [3.8, 4) is 0 Å². The zero-order valence-electron chi connectivity index (χ0n) is 15.6. The summed E-state index contributed by atoms with van der Waals surface area (Å²) in [6.45, 7) is 14.6. The van der Waals surface area contributed by atoms with Crippen molar-refractivity contribution in [3.05, 3.63) is 0 Å². The summed E-state index contributed by atoms with van der Waals surface area (Å²) < 4.78 is 5.39. The van der Waals surface area contributed by atoms with Crippen molar-refractivity contribution in [2.75, 3.05) is 32.1 Å². The molecule has 0 saturated carbocycles. The van der Waals surface area contributed by atoms with E-state index in [4.69, 9.17) is 4.74 Å². The number of carbonyl (C=O) groups is 2. The number of nitrogens with one attached hydrogen (secondary N) is 2. The molecule has 0 fully saturated rings. The topological polar surface area (TPSA) is 67.4 Å². The molecule has 0 aromatic rings. The van der Waals surface area contributed by atoms with Crippen LogP contribution in [0.3, 0.4) is 0 Å². The molecule has 0 rings (SSSR count). The van der Waals surface area contributed by atoms with E-state index < -0.39 is 0 Å². The van der Waals surface area contributed by atoms with Gasteiger partial charge in [-0.2, -0.15) is 0 Å². The number of amides is 2. The lowest BCUT2D eigenvalue weighted by atomic mass is 9.90. The molecule has 2 amide bonds. The van der Waals surface area contributed by atoms with Crippen molar-refractivity contribution >= 4 is 22.9 Å². The van der Waals surface area contributed by atoms with Crippen molar-refractivity contribution in [2.45, 2.75) is 54.4 Å². The highest BCUT2D eigenvalue weighted by Crippen LogP contribution is 2.20. The van der Waals surface area contributed by atoms with Crippen molar-refractivity contribution < 1.29 is 14.3 Å². The largest absolute Gasteiger partial charge is 0.378 e. The zero-order valence-corrected chi connectivity index (χ0v) is 16.4. The fraction of sp³-hybridized carbons (Fsp3) is 0.882. The maximum absolute atomic E-state index is 11.6. The molecule has 0 heterocycles. The summed E-state index contributed by atoms with van der Waals surface area (Å²) in [4.78, 5) is 23.2. The standard InChI is InChI=1S/C17H34N2O3S/c1-16(2,3)8-7-14(20)18-9-11-22-12-10-19-15(21)23-13-17(4,5)6/h7-13H2,1-6H3,(H,18,20)(H,19,21). The third-order valence-corrected chi connectivity index (χ3v) is 4.24. The smallest absolute Gasteiger partial charge is 0.279 e. The average molecular weight is 347 g/mol. The molecule has 0 spiro atoms. The Hall–Kier alpha value is -0.750. The molecule has 0 radical (unpaired) electrons. The maximum atomic E-state index is 11.6. The van der Waals surface area contributed by atoms with Gasteiger partial charge in [0.2, 0.25) is 5.91 Å². The Balaban J connectivity index is 3.46. The Morgan fingerprint density at radius 3 is 2.00 bits per heavy atom. The molecular formula is C17H34N2O3S. The van der Waals surface area contributed by atoms with Crippen LogP contribution in [-0.2, 0) is 9.53 Å². The summed E-state index contributed by atoms with van der Waals surface area (Å²) in [5.41, 5.74) is 0.320. The summed E-state index contributed by atoms with van der Waals surface area (Å²) in [6, 6.07) is 0. The lowest BCUT2D eigenvalue weighted by molar-refractivity contribution is -0.121. The number of carbonyl (C=O) groups excluding carboxylic acids is 2. The van der Waals surface area contributed by atoms with Gasteiger partial charge < -0.3 is 15.4 Å². The molecule has 0 bridgehead atoms. The summed E-state index contributed by atoms with van der Waals surface area (Å²) in [6.07, 6.45) is 1.42. The number of hydrogen-bond acceptors (Lipinski definition) is 4. The number of ether oxygens (including phenoxy) is 1. The minimum Gasteiger partial charge on any atom is -0.378 e. The molecule has 23 heavy (non-hydrogen) atoms. The Morgan fingerprint density at radius 2 is 1.48 bits per heavy atom. The van der Waals surface area contributed by atoms with Crippen LogP contribution in [0.4, 0.5) is 4.79 Å². The summed E-state index contributed by atoms with van der Waals surface area (Å²) in [7, 11) is 0. The predicted molar refractivity (Wildman–Crippen MR) is 97.8 cm³/mol. The molecule has 0 aliphatic rings. The van der Waals surface area contributed by atoms with Gasteiger partial charge in [-0.15, -0.1) is 0 Å². The van der Waals surface area contributed by atoms with E-state index in [-0.39, 0.29) is 22.0 Å². The Morgan fingerprint density at radius 1 is 0.913 bits per heavy atom. The summed E-state index contributed by atoms with van der Waals surface area (Å²) in [5.74, 6) is 0.857. The van der Waals surface area contributed by atoms with Gasteiger partial charge >= 0.3 is 0 Å². The van der Waals surface area contributed by atoms with Crippen LogP contribution in [0, 0.1) is 10.8 Å². The van der Waals surface area contributed by atoms with Gasteiger partial charge in [0.15, 0.2) is 0 Å². The third kappa shape index (κ3) is 17.4. The van der Waals surface area contributed by atoms with Gasteiger partial charge in [0.1, 0.15) is 0 Å². The quantitative estimate of drug-likeness (QED) is 0.628. The number of hydrogen-bond donors (Lipinski definition) is 2. The molecule has 0 unspecified atom stereocenters. The van der Waals surface area contributed by atoms with Gasteiger partial charge in [-0.3, -0.25) is 9.59 Å². The Kier molecular flexibility index (Phi) is 10.6. The third-order valence-electron chi connectivity index (χ3n) is 2.82. The molecule has 0 saturated heterocycles. The van der Waals surface area contributed by atoms with Crippen LogP contribution in [0.2, 0.25) is 0 Å². The van der Waals surface area contributed by atoms with Crippen LogP contribution in [-0.4, -0.2) is 43.2 Å². The molecule has 2 N–H and O–H groups in total. The van der Waals surface area contributed by atoms with E-state index in [0.717, 1.165) is 12.2 Å². The van der Waals surface area contributed by atoms with Crippen LogP contribution in [0.5, 0.6) is 0 Å². The molecule has 0 atom stereocenters. The Bertz CT molecular complexity index is 326.